The van der Waals surface area contributed by atoms with E-state index >= 15 is 0 Å². The quantitative estimate of drug-likeness (QED) is 0.210. The van der Waals surface area contributed by atoms with Crippen LogP contribution in [-0.4, -0.2) is 19.9 Å². The number of halogens is 1. The SMILES string of the molecule is N#Cc1ccc(-c2nc(-c3ccc(-c4ccccc4)cc3)nc(-c3cc(Br)cc(-c4cccnc4)c3)n2)cc1. The van der Waals surface area contributed by atoms with E-state index in [0.717, 1.165) is 43.4 Å². The fourth-order valence-electron chi connectivity index (χ4n) is 4.32. The Morgan fingerprint density at radius 1 is 0.513 bits per heavy atom. The summed E-state index contributed by atoms with van der Waals surface area (Å²) < 4.78 is 0.910. The molecule has 0 unspecified atom stereocenters. The normalized spacial score (nSPS) is 10.7. The van der Waals surface area contributed by atoms with E-state index < -0.39 is 0 Å². The van der Waals surface area contributed by atoms with Gasteiger partial charge in [-0.2, -0.15) is 5.26 Å². The lowest BCUT2D eigenvalue weighted by atomic mass is 10.0. The molecule has 5 nitrogen and oxygen atoms in total. The molecule has 6 rings (SSSR count). The summed E-state index contributed by atoms with van der Waals surface area (Å²) >= 11 is 3.66. The van der Waals surface area contributed by atoms with Crippen molar-refractivity contribution in [2.45, 2.75) is 0 Å². The van der Waals surface area contributed by atoms with Crippen LogP contribution in [0.3, 0.4) is 0 Å². The molecule has 0 aliphatic heterocycles. The van der Waals surface area contributed by atoms with E-state index in [9.17, 15) is 5.26 Å². The van der Waals surface area contributed by atoms with Crippen LogP contribution in [0.5, 0.6) is 0 Å². The van der Waals surface area contributed by atoms with Crippen LogP contribution in [0, 0.1) is 11.3 Å². The van der Waals surface area contributed by atoms with Crippen molar-refractivity contribution < 1.29 is 0 Å². The number of aromatic nitrogens is 4. The second-order valence-corrected chi connectivity index (χ2v) is 9.82. The van der Waals surface area contributed by atoms with Gasteiger partial charge in [-0.25, -0.2) is 15.0 Å². The van der Waals surface area contributed by atoms with Gasteiger partial charge >= 0.3 is 0 Å². The summed E-state index contributed by atoms with van der Waals surface area (Å²) in [5.41, 5.74) is 7.39. The molecule has 6 heteroatoms. The molecule has 0 spiro atoms. The molecule has 0 aliphatic carbocycles. The number of hydrogen-bond acceptors (Lipinski definition) is 5. The Labute approximate surface area is 234 Å². The number of nitriles is 1. The van der Waals surface area contributed by atoms with Gasteiger partial charge in [0.15, 0.2) is 17.5 Å². The first-order chi connectivity index (χ1) is 19.2. The molecular weight excluding hydrogens is 546 g/mol. The average Bonchev–Trinajstić information content (AvgIpc) is 3.01. The van der Waals surface area contributed by atoms with E-state index in [1.165, 1.54) is 0 Å². The fourth-order valence-corrected chi connectivity index (χ4v) is 4.81. The minimum Gasteiger partial charge on any atom is -0.264 e. The molecule has 6 aromatic rings. The summed E-state index contributed by atoms with van der Waals surface area (Å²) in [6.07, 6.45) is 3.59. The predicted octanol–water partition coefficient (Wildman–Crippen LogP) is 8.24. The summed E-state index contributed by atoms with van der Waals surface area (Å²) in [5.74, 6) is 1.66. The first-order valence-electron chi connectivity index (χ1n) is 12.3. The molecule has 0 amide bonds. The zero-order valence-corrected chi connectivity index (χ0v) is 22.2. The standard InChI is InChI=1S/C33H20BrN5/c34-30-18-28(27-7-4-16-36-21-27)17-29(19-30)33-38-31(25-10-8-22(20-35)9-11-25)37-32(39-33)26-14-12-24(13-15-26)23-5-2-1-3-6-23/h1-19,21H. The molecule has 0 fully saturated rings. The van der Waals surface area contributed by atoms with E-state index in [1.54, 1.807) is 18.3 Å². The highest BCUT2D eigenvalue weighted by molar-refractivity contribution is 9.10. The summed E-state index contributed by atoms with van der Waals surface area (Å²) in [5, 5.41) is 9.24. The Bertz CT molecular complexity index is 1800. The lowest BCUT2D eigenvalue weighted by molar-refractivity contribution is 1.07. The first kappa shape index (κ1) is 24.4. The molecule has 4 aromatic carbocycles. The highest BCUT2D eigenvalue weighted by Gasteiger charge is 2.14. The Morgan fingerprint density at radius 2 is 1.05 bits per heavy atom. The maximum Gasteiger partial charge on any atom is 0.164 e. The molecule has 0 saturated carbocycles. The van der Waals surface area contributed by atoms with Crippen LogP contribution in [0.25, 0.3) is 56.4 Å². The van der Waals surface area contributed by atoms with Crippen LogP contribution < -0.4 is 0 Å². The van der Waals surface area contributed by atoms with Crippen LogP contribution in [0.1, 0.15) is 5.56 Å². The van der Waals surface area contributed by atoms with Gasteiger partial charge in [0.05, 0.1) is 11.6 Å². The smallest absolute Gasteiger partial charge is 0.164 e. The molecule has 0 aliphatic rings. The van der Waals surface area contributed by atoms with E-state index in [0.29, 0.717) is 23.0 Å². The van der Waals surface area contributed by atoms with Gasteiger partial charge in [0.1, 0.15) is 0 Å². The van der Waals surface area contributed by atoms with Crippen molar-refractivity contribution in [3.8, 4) is 62.5 Å². The third-order valence-electron chi connectivity index (χ3n) is 6.31. The maximum atomic E-state index is 9.24. The number of hydrogen-bond donors (Lipinski definition) is 0. The third kappa shape index (κ3) is 5.35. The second kappa shape index (κ2) is 10.8. The largest absolute Gasteiger partial charge is 0.264 e. The highest BCUT2D eigenvalue weighted by Crippen LogP contribution is 2.31. The second-order valence-electron chi connectivity index (χ2n) is 8.91. The zero-order chi connectivity index (χ0) is 26.6. The van der Waals surface area contributed by atoms with Gasteiger partial charge in [0.2, 0.25) is 0 Å². The molecule has 0 saturated heterocycles. The van der Waals surface area contributed by atoms with Gasteiger partial charge in [-0.15, -0.1) is 0 Å². The molecular formula is C33H20BrN5. The Hall–Kier alpha value is -4.99. The number of benzene rings is 4. The van der Waals surface area contributed by atoms with Crippen molar-refractivity contribution in [2.24, 2.45) is 0 Å². The minimum absolute atomic E-state index is 0.537. The van der Waals surface area contributed by atoms with Crippen molar-refractivity contribution in [1.29, 1.82) is 5.26 Å². The number of nitrogens with zero attached hydrogens (tertiary/aromatic N) is 5. The van der Waals surface area contributed by atoms with Crippen LogP contribution in [0.4, 0.5) is 0 Å². The van der Waals surface area contributed by atoms with Gasteiger partial charge in [0, 0.05) is 39.1 Å². The summed E-state index contributed by atoms with van der Waals surface area (Å²) in [7, 11) is 0. The van der Waals surface area contributed by atoms with Crippen LogP contribution in [0.2, 0.25) is 0 Å². The van der Waals surface area contributed by atoms with Crippen LogP contribution >= 0.6 is 15.9 Å². The lowest BCUT2D eigenvalue weighted by Gasteiger charge is -2.11. The van der Waals surface area contributed by atoms with E-state index in [2.05, 4.69) is 57.3 Å². The van der Waals surface area contributed by atoms with Gasteiger partial charge in [-0.3, -0.25) is 4.98 Å². The van der Waals surface area contributed by atoms with Gasteiger partial charge in [-0.1, -0.05) is 76.6 Å². The summed E-state index contributed by atoms with van der Waals surface area (Å²) in [4.78, 5) is 18.9. The molecule has 0 radical (unpaired) electrons. The van der Waals surface area contributed by atoms with Crippen LogP contribution in [-0.2, 0) is 0 Å². The highest BCUT2D eigenvalue weighted by atomic mass is 79.9. The lowest BCUT2D eigenvalue weighted by Crippen LogP contribution is -2.00. The summed E-state index contributed by atoms with van der Waals surface area (Å²) in [6.45, 7) is 0. The van der Waals surface area contributed by atoms with Crippen molar-refractivity contribution in [2.75, 3.05) is 0 Å². The predicted molar refractivity (Wildman–Crippen MR) is 157 cm³/mol. The van der Waals surface area contributed by atoms with E-state index in [4.69, 9.17) is 15.0 Å². The van der Waals surface area contributed by atoms with Crippen molar-refractivity contribution in [3.63, 3.8) is 0 Å². The summed E-state index contributed by atoms with van der Waals surface area (Å²) in [6, 6.07) is 37.9. The monoisotopic (exact) mass is 565 g/mol. The molecule has 0 N–H and O–H groups in total. The average molecular weight is 566 g/mol. The Balaban J connectivity index is 1.48. The third-order valence-corrected chi connectivity index (χ3v) is 6.77. The molecule has 39 heavy (non-hydrogen) atoms. The molecule has 2 aromatic heterocycles. The molecule has 2 heterocycles. The Morgan fingerprint density at radius 3 is 1.67 bits per heavy atom. The number of pyridine rings is 1. The first-order valence-corrected chi connectivity index (χ1v) is 13.1. The van der Waals surface area contributed by atoms with Crippen LogP contribution in [0.15, 0.2) is 126 Å². The zero-order valence-electron chi connectivity index (χ0n) is 20.7. The van der Waals surface area contributed by atoms with Gasteiger partial charge in [-0.05, 0) is 65.2 Å². The minimum atomic E-state index is 0.537. The van der Waals surface area contributed by atoms with E-state index in [-0.39, 0.29) is 0 Å². The molecule has 0 atom stereocenters. The Kier molecular flexibility index (Phi) is 6.73. The van der Waals surface area contributed by atoms with Crippen molar-refractivity contribution >= 4 is 15.9 Å². The van der Waals surface area contributed by atoms with Gasteiger partial charge in [0.25, 0.3) is 0 Å². The molecule has 184 valence electrons. The van der Waals surface area contributed by atoms with Gasteiger partial charge < -0.3 is 0 Å². The molecule has 0 bridgehead atoms. The topological polar surface area (TPSA) is 75.3 Å². The maximum absolute atomic E-state index is 9.24. The van der Waals surface area contributed by atoms with Crippen molar-refractivity contribution in [1.82, 2.24) is 19.9 Å². The van der Waals surface area contributed by atoms with Crippen molar-refractivity contribution in [3.05, 3.63) is 132 Å². The van der Waals surface area contributed by atoms with E-state index in [1.807, 2.05) is 72.9 Å². The number of rotatable bonds is 5. The fraction of sp³-hybridized carbons (Fsp3) is 0.